The molecule has 0 aliphatic carbocycles. The van der Waals surface area contributed by atoms with Crippen molar-refractivity contribution in [3.63, 3.8) is 0 Å². The number of methoxy groups -OCH3 is 1. The van der Waals surface area contributed by atoms with Gasteiger partial charge in [0.05, 0.1) is 18.7 Å². The van der Waals surface area contributed by atoms with Gasteiger partial charge in [0.2, 0.25) is 0 Å². The number of rotatable bonds is 4. The van der Waals surface area contributed by atoms with Gasteiger partial charge in [-0.05, 0) is 60.9 Å². The van der Waals surface area contributed by atoms with E-state index in [0.29, 0.717) is 22.7 Å². The summed E-state index contributed by atoms with van der Waals surface area (Å²) >= 11 is 0. The zero-order chi connectivity index (χ0) is 22.1. The monoisotopic (exact) mass is 415 g/mol. The van der Waals surface area contributed by atoms with Gasteiger partial charge in [0.15, 0.2) is 0 Å². The molecule has 0 aromatic heterocycles. The molecule has 0 radical (unpaired) electrons. The van der Waals surface area contributed by atoms with Crippen LogP contribution in [0.5, 0.6) is 5.75 Å². The fourth-order valence-corrected chi connectivity index (χ4v) is 4.21. The lowest BCUT2D eigenvalue weighted by Crippen LogP contribution is -2.46. The molecule has 0 saturated heterocycles. The van der Waals surface area contributed by atoms with Crippen LogP contribution in [-0.2, 0) is 4.79 Å². The number of benzene rings is 3. The number of hydrogen-bond acceptors (Lipinski definition) is 3. The van der Waals surface area contributed by atoms with Crippen LogP contribution in [0.2, 0.25) is 0 Å². The largest absolute Gasteiger partial charge is 0.496 e. The van der Waals surface area contributed by atoms with Crippen LogP contribution >= 0.6 is 0 Å². The van der Waals surface area contributed by atoms with Crippen LogP contribution in [0.4, 0.5) is 10.5 Å². The lowest BCUT2D eigenvalue weighted by Gasteiger charge is -2.30. The zero-order valence-electron chi connectivity index (χ0n) is 18.0. The second kappa shape index (κ2) is 8.14. The minimum Gasteiger partial charge on any atom is -0.496 e. The number of urea groups is 1. The van der Waals surface area contributed by atoms with Crippen LogP contribution in [-0.4, -0.2) is 19.0 Å². The van der Waals surface area contributed by atoms with E-state index in [1.54, 1.807) is 14.0 Å². The molecule has 1 unspecified atom stereocenters. The Labute approximate surface area is 181 Å². The standard InChI is InChI=1S/C25H25N3O3/c1-14-11-15(2)13-18(12-14)27-24(29)21-16(3)26-25(30)28-23(21)22-19-8-6-5-7-17(19)9-10-20(22)31-4/h5-13,23H,1-4H3,(H,27,29)(H2,26,28,30). The van der Waals surface area contributed by atoms with E-state index in [1.807, 2.05) is 68.4 Å². The predicted molar refractivity (Wildman–Crippen MR) is 122 cm³/mol. The van der Waals surface area contributed by atoms with Crippen molar-refractivity contribution in [2.75, 3.05) is 12.4 Å². The Kier molecular flexibility index (Phi) is 5.38. The molecule has 3 N–H and O–H groups in total. The fraction of sp³-hybridized carbons (Fsp3) is 0.200. The van der Waals surface area contributed by atoms with Crippen LogP contribution in [0.25, 0.3) is 10.8 Å². The Balaban J connectivity index is 1.83. The van der Waals surface area contributed by atoms with Crippen molar-refractivity contribution < 1.29 is 14.3 Å². The molecule has 3 aromatic carbocycles. The number of hydrogen-bond donors (Lipinski definition) is 3. The van der Waals surface area contributed by atoms with Crippen molar-refractivity contribution >= 4 is 28.4 Å². The van der Waals surface area contributed by atoms with Crippen molar-refractivity contribution in [3.05, 3.63) is 82.6 Å². The Bertz CT molecular complexity index is 1210. The molecule has 0 fully saturated rings. The molecular weight excluding hydrogens is 390 g/mol. The van der Waals surface area contributed by atoms with E-state index >= 15 is 0 Å². The maximum atomic E-state index is 13.4. The Hall–Kier alpha value is -3.80. The maximum Gasteiger partial charge on any atom is 0.319 e. The van der Waals surface area contributed by atoms with Gasteiger partial charge in [-0.15, -0.1) is 0 Å². The predicted octanol–water partition coefficient (Wildman–Crippen LogP) is 4.73. The Morgan fingerprint density at radius 1 is 1.00 bits per heavy atom. The third-order valence-corrected chi connectivity index (χ3v) is 5.43. The average Bonchev–Trinajstić information content (AvgIpc) is 2.71. The molecule has 1 aliphatic heterocycles. The topological polar surface area (TPSA) is 79.5 Å². The van der Waals surface area contributed by atoms with Gasteiger partial charge in [0.1, 0.15) is 5.75 Å². The van der Waals surface area contributed by atoms with Crippen LogP contribution in [0.1, 0.15) is 29.7 Å². The Morgan fingerprint density at radius 2 is 1.71 bits per heavy atom. The number of allylic oxidation sites excluding steroid dienone is 1. The summed E-state index contributed by atoms with van der Waals surface area (Å²) in [6.07, 6.45) is 0. The van der Waals surface area contributed by atoms with E-state index in [2.05, 4.69) is 16.0 Å². The van der Waals surface area contributed by atoms with Gasteiger partial charge in [-0.1, -0.05) is 36.4 Å². The van der Waals surface area contributed by atoms with Crippen molar-refractivity contribution in [3.8, 4) is 5.75 Å². The number of carbonyl (C=O) groups excluding carboxylic acids is 2. The second-order valence-electron chi connectivity index (χ2n) is 7.80. The molecule has 6 nitrogen and oxygen atoms in total. The highest BCUT2D eigenvalue weighted by molar-refractivity contribution is 6.07. The molecule has 0 spiro atoms. The normalized spacial score (nSPS) is 16.0. The molecule has 6 heteroatoms. The SMILES string of the molecule is COc1ccc2ccccc2c1C1NC(=O)NC(C)=C1C(=O)Nc1cc(C)cc(C)c1. The smallest absolute Gasteiger partial charge is 0.319 e. The summed E-state index contributed by atoms with van der Waals surface area (Å²) in [4.78, 5) is 25.8. The van der Waals surface area contributed by atoms with Gasteiger partial charge in [0, 0.05) is 16.9 Å². The van der Waals surface area contributed by atoms with Crippen molar-refractivity contribution in [1.29, 1.82) is 0 Å². The molecule has 1 aliphatic rings. The summed E-state index contributed by atoms with van der Waals surface area (Å²) < 4.78 is 5.63. The van der Waals surface area contributed by atoms with Crippen molar-refractivity contribution in [2.24, 2.45) is 0 Å². The second-order valence-corrected chi connectivity index (χ2v) is 7.80. The Morgan fingerprint density at radius 3 is 2.42 bits per heavy atom. The summed E-state index contributed by atoms with van der Waals surface area (Å²) in [7, 11) is 1.59. The summed E-state index contributed by atoms with van der Waals surface area (Å²) in [5.41, 5.74) is 4.52. The molecule has 158 valence electrons. The summed E-state index contributed by atoms with van der Waals surface area (Å²) in [6.45, 7) is 5.71. The van der Waals surface area contributed by atoms with Crippen molar-refractivity contribution in [1.82, 2.24) is 10.6 Å². The van der Waals surface area contributed by atoms with E-state index in [-0.39, 0.29) is 11.9 Å². The molecule has 1 atom stereocenters. The summed E-state index contributed by atoms with van der Waals surface area (Å²) in [5.74, 6) is 0.324. The van der Waals surface area contributed by atoms with E-state index < -0.39 is 6.04 Å². The highest BCUT2D eigenvalue weighted by Crippen LogP contribution is 2.38. The molecule has 3 amide bonds. The van der Waals surface area contributed by atoms with Crippen LogP contribution < -0.4 is 20.7 Å². The van der Waals surface area contributed by atoms with Crippen molar-refractivity contribution in [2.45, 2.75) is 26.8 Å². The van der Waals surface area contributed by atoms with Gasteiger partial charge >= 0.3 is 6.03 Å². The quantitative estimate of drug-likeness (QED) is 0.576. The number of amides is 3. The number of aryl methyl sites for hydroxylation is 2. The van der Waals surface area contributed by atoms with Gasteiger partial charge in [-0.3, -0.25) is 4.79 Å². The molecule has 0 bridgehead atoms. The summed E-state index contributed by atoms with van der Waals surface area (Å²) in [5, 5.41) is 10.6. The molecule has 1 heterocycles. The lowest BCUT2D eigenvalue weighted by molar-refractivity contribution is -0.113. The fourth-order valence-electron chi connectivity index (χ4n) is 4.21. The van der Waals surface area contributed by atoms with Crippen LogP contribution in [0.3, 0.4) is 0 Å². The first kappa shape index (κ1) is 20.5. The number of carbonyl (C=O) groups is 2. The van der Waals surface area contributed by atoms with Gasteiger partial charge in [0.25, 0.3) is 5.91 Å². The van der Waals surface area contributed by atoms with Gasteiger partial charge in [-0.2, -0.15) is 0 Å². The van der Waals surface area contributed by atoms with E-state index in [4.69, 9.17) is 4.74 Å². The zero-order valence-corrected chi connectivity index (χ0v) is 18.0. The number of nitrogens with one attached hydrogen (secondary N) is 3. The number of fused-ring (bicyclic) bond motifs is 1. The number of ether oxygens (including phenoxy) is 1. The highest BCUT2D eigenvalue weighted by Gasteiger charge is 2.34. The average molecular weight is 415 g/mol. The van der Waals surface area contributed by atoms with Crippen LogP contribution in [0.15, 0.2) is 65.9 Å². The first-order chi connectivity index (χ1) is 14.9. The van der Waals surface area contributed by atoms with E-state index in [9.17, 15) is 9.59 Å². The minimum atomic E-state index is -0.666. The third kappa shape index (κ3) is 3.97. The van der Waals surface area contributed by atoms with Gasteiger partial charge in [-0.25, -0.2) is 4.79 Å². The molecule has 4 rings (SSSR count). The third-order valence-electron chi connectivity index (χ3n) is 5.43. The first-order valence-corrected chi connectivity index (χ1v) is 10.1. The number of anilines is 1. The molecular formula is C25H25N3O3. The highest BCUT2D eigenvalue weighted by atomic mass is 16.5. The van der Waals surface area contributed by atoms with E-state index in [0.717, 1.165) is 27.5 Å². The minimum absolute atomic E-state index is 0.282. The van der Waals surface area contributed by atoms with Crippen LogP contribution in [0, 0.1) is 13.8 Å². The molecule has 31 heavy (non-hydrogen) atoms. The molecule has 3 aromatic rings. The first-order valence-electron chi connectivity index (χ1n) is 10.1. The summed E-state index contributed by atoms with van der Waals surface area (Å²) in [6, 6.07) is 16.5. The molecule has 0 saturated carbocycles. The van der Waals surface area contributed by atoms with E-state index in [1.165, 1.54) is 0 Å². The van der Waals surface area contributed by atoms with Gasteiger partial charge < -0.3 is 20.7 Å². The maximum absolute atomic E-state index is 13.4. The lowest BCUT2D eigenvalue weighted by atomic mass is 9.90.